The second-order valence-electron chi connectivity index (χ2n) is 13.9. The number of hydrogen-bond donors (Lipinski definition) is 4. The summed E-state index contributed by atoms with van der Waals surface area (Å²) in [5.74, 6) is 0.0893. The number of hydrogen-bond acceptors (Lipinski definition) is 9. The first-order chi connectivity index (χ1) is 23.7. The SMILES string of the molecule is CC(NC(=O)CCCCCNC(=O)C1CCN(CCC(CSc2ccccc2)Nc2ccc(S(N)(=O)=O)cc2S(=O)(=O)C(F)(F)F)C1)C(C)(C)C. The fraction of sp³-hybridized carbons (Fsp3) is 0.588. The average molecular weight is 778 g/mol. The molecule has 2 amide bonds. The number of rotatable bonds is 18. The molecular weight excluding hydrogens is 728 g/mol. The number of nitrogens with two attached hydrogens (primary N) is 1. The van der Waals surface area contributed by atoms with E-state index in [2.05, 4.69) is 41.6 Å². The highest BCUT2D eigenvalue weighted by Gasteiger charge is 2.48. The highest BCUT2D eigenvalue weighted by molar-refractivity contribution is 7.99. The zero-order valence-corrected chi connectivity index (χ0v) is 31.9. The van der Waals surface area contributed by atoms with E-state index >= 15 is 0 Å². The summed E-state index contributed by atoms with van der Waals surface area (Å²) in [6.07, 6.45) is 3.75. The van der Waals surface area contributed by atoms with Gasteiger partial charge in [0.15, 0.2) is 0 Å². The van der Waals surface area contributed by atoms with Crippen LogP contribution in [0.4, 0.5) is 18.9 Å². The lowest BCUT2D eigenvalue weighted by atomic mass is 9.88. The lowest BCUT2D eigenvalue weighted by Gasteiger charge is -2.28. The van der Waals surface area contributed by atoms with Crippen LogP contribution in [0.15, 0.2) is 63.2 Å². The van der Waals surface area contributed by atoms with Gasteiger partial charge in [-0.15, -0.1) is 11.8 Å². The summed E-state index contributed by atoms with van der Waals surface area (Å²) in [5.41, 5.74) is -6.09. The number of halogens is 3. The van der Waals surface area contributed by atoms with Gasteiger partial charge in [0.1, 0.15) is 4.90 Å². The van der Waals surface area contributed by atoms with Crippen LogP contribution in [0.2, 0.25) is 0 Å². The Bertz CT molecular complexity index is 1690. The Labute approximate surface area is 304 Å². The molecule has 1 heterocycles. The topological polar surface area (TPSA) is 168 Å². The summed E-state index contributed by atoms with van der Waals surface area (Å²) in [5, 5.41) is 14.0. The molecule has 1 aliphatic rings. The molecule has 3 atom stereocenters. The van der Waals surface area contributed by atoms with Crippen LogP contribution in [-0.2, 0) is 29.4 Å². The predicted molar refractivity (Wildman–Crippen MR) is 193 cm³/mol. The van der Waals surface area contributed by atoms with Crippen LogP contribution >= 0.6 is 11.8 Å². The van der Waals surface area contributed by atoms with Gasteiger partial charge in [-0.3, -0.25) is 9.59 Å². The molecular formula is C34H50F3N5O6S3. The van der Waals surface area contributed by atoms with Crippen LogP contribution in [0.1, 0.15) is 66.2 Å². The van der Waals surface area contributed by atoms with Crippen LogP contribution in [0.25, 0.3) is 0 Å². The number of nitrogens with one attached hydrogen (secondary N) is 3. The molecule has 0 aliphatic carbocycles. The summed E-state index contributed by atoms with van der Waals surface area (Å²) in [6, 6.07) is 11.2. The van der Waals surface area contributed by atoms with Crippen LogP contribution in [-0.4, -0.2) is 83.1 Å². The molecule has 1 aliphatic heterocycles. The van der Waals surface area contributed by atoms with Crippen molar-refractivity contribution >= 4 is 49.1 Å². The Balaban J connectivity index is 1.58. The van der Waals surface area contributed by atoms with Crippen molar-refractivity contribution < 1.29 is 39.6 Å². The van der Waals surface area contributed by atoms with E-state index < -0.39 is 46.9 Å². The minimum atomic E-state index is -5.94. The smallest absolute Gasteiger partial charge is 0.380 e. The number of thioether (sulfide) groups is 1. The first kappa shape index (κ1) is 42.6. The second-order valence-corrected chi connectivity index (χ2v) is 18.5. The van der Waals surface area contributed by atoms with E-state index in [1.165, 1.54) is 11.8 Å². The predicted octanol–water partition coefficient (Wildman–Crippen LogP) is 5.14. The molecule has 1 fully saturated rings. The second kappa shape index (κ2) is 18.3. The fourth-order valence-corrected chi connectivity index (χ4v) is 7.89. The molecule has 0 radical (unpaired) electrons. The number of unbranched alkanes of at least 4 members (excludes halogenated alkanes) is 2. The van der Waals surface area contributed by atoms with Crippen molar-refractivity contribution in [3.63, 3.8) is 0 Å². The number of primary sulfonamides is 1. The molecule has 0 spiro atoms. The van der Waals surface area contributed by atoms with E-state index in [1.807, 2.05) is 37.3 Å². The normalized spacial score (nSPS) is 17.1. The molecule has 1 saturated heterocycles. The molecule has 0 bridgehead atoms. The molecule has 51 heavy (non-hydrogen) atoms. The van der Waals surface area contributed by atoms with E-state index in [9.17, 15) is 39.6 Å². The van der Waals surface area contributed by atoms with Gasteiger partial charge in [0, 0.05) is 48.8 Å². The largest absolute Gasteiger partial charge is 0.501 e. The highest BCUT2D eigenvalue weighted by Crippen LogP contribution is 2.36. The Morgan fingerprint density at radius 3 is 2.33 bits per heavy atom. The highest BCUT2D eigenvalue weighted by atomic mass is 32.2. The number of nitrogens with zero attached hydrogens (tertiary/aromatic N) is 1. The molecule has 17 heteroatoms. The Morgan fingerprint density at radius 1 is 1.02 bits per heavy atom. The first-order valence-corrected chi connectivity index (χ1v) is 20.9. The Hall–Kier alpha value is -2.86. The quantitative estimate of drug-likeness (QED) is 0.118. The van der Waals surface area contributed by atoms with Crippen molar-refractivity contribution in [1.82, 2.24) is 15.5 Å². The third kappa shape index (κ3) is 13.3. The maximum absolute atomic E-state index is 13.7. The Kier molecular flexibility index (Phi) is 15.2. The maximum atomic E-state index is 13.7. The molecule has 2 aromatic carbocycles. The van der Waals surface area contributed by atoms with Gasteiger partial charge in [-0.25, -0.2) is 22.0 Å². The van der Waals surface area contributed by atoms with Gasteiger partial charge in [-0.05, 0) is 74.9 Å². The minimum Gasteiger partial charge on any atom is -0.380 e. The third-order valence-corrected chi connectivity index (χ3v) is 12.5. The van der Waals surface area contributed by atoms with E-state index in [-0.39, 0.29) is 29.2 Å². The number of sulfonamides is 1. The van der Waals surface area contributed by atoms with Gasteiger partial charge in [-0.2, -0.15) is 13.2 Å². The summed E-state index contributed by atoms with van der Waals surface area (Å²) >= 11 is 1.43. The van der Waals surface area contributed by atoms with Gasteiger partial charge in [0.05, 0.1) is 16.5 Å². The average Bonchev–Trinajstić information content (AvgIpc) is 3.52. The minimum absolute atomic E-state index is 0.0165. The number of carbonyl (C=O) groups excluding carboxylic acids is 2. The van der Waals surface area contributed by atoms with Gasteiger partial charge in [0.2, 0.25) is 21.8 Å². The van der Waals surface area contributed by atoms with Crippen molar-refractivity contribution in [2.45, 2.75) is 98.5 Å². The van der Waals surface area contributed by atoms with Crippen molar-refractivity contribution in [3.8, 4) is 0 Å². The molecule has 3 rings (SSSR count). The molecule has 3 unspecified atom stereocenters. The van der Waals surface area contributed by atoms with Crippen LogP contribution < -0.4 is 21.1 Å². The summed E-state index contributed by atoms with van der Waals surface area (Å²) in [7, 11) is -10.4. The summed E-state index contributed by atoms with van der Waals surface area (Å²) in [4.78, 5) is 26.1. The van der Waals surface area contributed by atoms with Gasteiger partial charge in [0.25, 0.3) is 9.84 Å². The van der Waals surface area contributed by atoms with Gasteiger partial charge in [-0.1, -0.05) is 45.4 Å². The number of carbonyl (C=O) groups is 2. The lowest BCUT2D eigenvalue weighted by molar-refractivity contribution is -0.125. The zero-order chi connectivity index (χ0) is 38.0. The van der Waals surface area contributed by atoms with Crippen molar-refractivity contribution in [2.75, 3.05) is 37.2 Å². The zero-order valence-electron chi connectivity index (χ0n) is 29.5. The fourth-order valence-electron chi connectivity index (χ4n) is 5.34. The van der Waals surface area contributed by atoms with Crippen LogP contribution in [0, 0.1) is 11.3 Å². The number of amides is 2. The molecule has 11 nitrogen and oxygen atoms in total. The van der Waals surface area contributed by atoms with Crippen molar-refractivity contribution in [3.05, 3.63) is 48.5 Å². The standard InChI is InChI=1S/C34H50F3N5O6S3/c1-24(33(2,3)4)40-31(43)13-9-6-10-18-39-32(44)25-16-19-42(22-25)20-17-26(23-49-27-11-7-5-8-12-27)41-29-15-14-28(51(38,47)48)21-30(29)50(45,46)34(35,36)37/h5,7-8,11-12,14-15,21,24-26,41H,6,9-10,13,16-20,22-23H2,1-4H3,(H,39,44)(H,40,43)(H2,38,47,48). The van der Waals surface area contributed by atoms with Crippen LogP contribution in [0.3, 0.4) is 0 Å². The maximum Gasteiger partial charge on any atom is 0.501 e. The lowest BCUT2D eigenvalue weighted by Crippen LogP contribution is -2.41. The third-order valence-electron chi connectivity index (χ3n) is 8.92. The molecule has 0 saturated carbocycles. The molecule has 5 N–H and O–H groups in total. The number of likely N-dealkylation sites (tertiary alicyclic amines) is 1. The molecule has 286 valence electrons. The van der Waals surface area contributed by atoms with Gasteiger partial charge < -0.3 is 20.9 Å². The van der Waals surface area contributed by atoms with E-state index in [0.29, 0.717) is 57.3 Å². The monoisotopic (exact) mass is 777 g/mol. The summed E-state index contributed by atoms with van der Waals surface area (Å²) in [6.45, 7) is 10.3. The molecule has 0 aromatic heterocycles. The van der Waals surface area contributed by atoms with Gasteiger partial charge >= 0.3 is 5.51 Å². The number of sulfone groups is 1. The number of benzene rings is 2. The van der Waals surface area contributed by atoms with Crippen molar-refractivity contribution in [1.29, 1.82) is 0 Å². The molecule has 2 aromatic rings. The first-order valence-electron chi connectivity index (χ1n) is 16.9. The van der Waals surface area contributed by atoms with E-state index in [0.717, 1.165) is 36.3 Å². The number of anilines is 1. The van der Waals surface area contributed by atoms with E-state index in [1.54, 1.807) is 0 Å². The van der Waals surface area contributed by atoms with E-state index in [4.69, 9.17) is 5.14 Å². The van der Waals surface area contributed by atoms with Crippen LogP contribution in [0.5, 0.6) is 0 Å². The Morgan fingerprint density at radius 2 is 1.71 bits per heavy atom. The summed E-state index contributed by atoms with van der Waals surface area (Å²) < 4.78 is 89.8. The van der Waals surface area contributed by atoms with Crippen molar-refractivity contribution in [2.24, 2.45) is 16.5 Å². The number of alkyl halides is 3.